The first-order valence-electron chi connectivity index (χ1n) is 6.49. The average molecular weight is 273 g/mol. The Hall–Kier alpha value is -1.45. The third-order valence-corrected chi connectivity index (χ3v) is 3.71. The molecule has 0 radical (unpaired) electrons. The Labute approximate surface area is 119 Å². The highest BCUT2D eigenvalue weighted by molar-refractivity contribution is 7.99. The van der Waals surface area contributed by atoms with Crippen LogP contribution in [0.5, 0.6) is 5.75 Å². The summed E-state index contributed by atoms with van der Waals surface area (Å²) < 4.78 is 5.85. The van der Waals surface area contributed by atoms with Crippen LogP contribution in [0.2, 0.25) is 0 Å². The van der Waals surface area contributed by atoms with E-state index in [9.17, 15) is 0 Å². The molecule has 0 aliphatic rings. The molecule has 0 aliphatic carbocycles. The van der Waals surface area contributed by atoms with E-state index < -0.39 is 0 Å². The maximum absolute atomic E-state index is 5.85. The first-order valence-corrected chi connectivity index (χ1v) is 7.31. The molecule has 0 bridgehead atoms. The summed E-state index contributed by atoms with van der Waals surface area (Å²) >= 11 is 1.74. The van der Waals surface area contributed by atoms with Crippen LogP contribution in [0.4, 0.5) is 0 Å². The van der Waals surface area contributed by atoms with Crippen LogP contribution in [-0.4, -0.2) is 20.2 Å². The van der Waals surface area contributed by atoms with Crippen molar-refractivity contribution < 1.29 is 4.74 Å². The van der Waals surface area contributed by atoms with Gasteiger partial charge in [0.1, 0.15) is 5.75 Å². The molecule has 0 aliphatic heterocycles. The normalized spacial score (nSPS) is 10.4. The fourth-order valence-corrected chi connectivity index (χ4v) is 2.62. The molecule has 0 fully saturated rings. The summed E-state index contributed by atoms with van der Waals surface area (Å²) in [6.45, 7) is 1.72. The van der Waals surface area contributed by atoms with E-state index in [-0.39, 0.29) is 0 Å². The molecule has 3 heteroatoms. The van der Waals surface area contributed by atoms with Crippen molar-refractivity contribution in [3.05, 3.63) is 54.6 Å². The minimum atomic E-state index is 0.743. The van der Waals surface area contributed by atoms with Crippen LogP contribution in [-0.2, 0) is 0 Å². The van der Waals surface area contributed by atoms with E-state index in [2.05, 4.69) is 35.6 Å². The maximum atomic E-state index is 5.85. The lowest BCUT2D eigenvalue weighted by molar-refractivity contribution is 0.303. The zero-order chi connectivity index (χ0) is 13.3. The van der Waals surface area contributed by atoms with Gasteiger partial charge in [-0.05, 0) is 44.3 Å². The third kappa shape index (κ3) is 4.62. The van der Waals surface area contributed by atoms with Gasteiger partial charge in [0.25, 0.3) is 0 Å². The summed E-state index contributed by atoms with van der Waals surface area (Å²) in [5, 5.41) is 3.12. The summed E-state index contributed by atoms with van der Waals surface area (Å²) in [6, 6.07) is 18.6. The van der Waals surface area contributed by atoms with Crippen LogP contribution in [0.3, 0.4) is 0 Å². The van der Waals surface area contributed by atoms with E-state index in [1.807, 2.05) is 31.3 Å². The van der Waals surface area contributed by atoms with Gasteiger partial charge in [-0.15, -0.1) is 0 Å². The molecule has 2 nitrogen and oxygen atoms in total. The van der Waals surface area contributed by atoms with Crippen molar-refractivity contribution in [1.82, 2.24) is 5.32 Å². The number of para-hydroxylation sites is 1. The molecule has 100 valence electrons. The molecule has 0 heterocycles. The minimum absolute atomic E-state index is 0.743. The molecule has 0 amide bonds. The first-order chi connectivity index (χ1) is 9.40. The Morgan fingerprint density at radius 1 is 1.00 bits per heavy atom. The number of benzene rings is 2. The third-order valence-electron chi connectivity index (χ3n) is 2.65. The van der Waals surface area contributed by atoms with Crippen molar-refractivity contribution in [2.24, 2.45) is 0 Å². The van der Waals surface area contributed by atoms with E-state index >= 15 is 0 Å². The van der Waals surface area contributed by atoms with Crippen LogP contribution in [0.15, 0.2) is 64.4 Å². The summed E-state index contributed by atoms with van der Waals surface area (Å²) in [6.07, 6.45) is 1.01. The predicted molar refractivity (Wildman–Crippen MR) is 81.0 cm³/mol. The SMILES string of the molecule is CNCCCOc1ccccc1Sc1ccccc1. The highest BCUT2D eigenvalue weighted by atomic mass is 32.2. The van der Waals surface area contributed by atoms with Gasteiger partial charge < -0.3 is 10.1 Å². The van der Waals surface area contributed by atoms with Crippen molar-refractivity contribution in [1.29, 1.82) is 0 Å². The van der Waals surface area contributed by atoms with Crippen LogP contribution >= 0.6 is 11.8 Å². The van der Waals surface area contributed by atoms with Gasteiger partial charge >= 0.3 is 0 Å². The molecule has 0 saturated carbocycles. The molecule has 19 heavy (non-hydrogen) atoms. The van der Waals surface area contributed by atoms with Gasteiger partial charge in [-0.3, -0.25) is 0 Å². The highest BCUT2D eigenvalue weighted by Crippen LogP contribution is 2.34. The number of nitrogens with one attached hydrogen (secondary N) is 1. The Kier molecular flexibility index (Phi) is 5.79. The zero-order valence-corrected chi connectivity index (χ0v) is 12.0. The van der Waals surface area contributed by atoms with E-state index in [0.717, 1.165) is 30.2 Å². The summed E-state index contributed by atoms with van der Waals surface area (Å²) in [7, 11) is 1.96. The molecular weight excluding hydrogens is 254 g/mol. The quantitative estimate of drug-likeness (QED) is 0.775. The van der Waals surface area contributed by atoms with Crippen LogP contribution in [0, 0.1) is 0 Å². The molecule has 0 spiro atoms. The summed E-state index contributed by atoms with van der Waals surface area (Å²) in [5.74, 6) is 0.965. The van der Waals surface area contributed by atoms with Gasteiger partial charge in [0.05, 0.1) is 11.5 Å². The predicted octanol–water partition coefficient (Wildman–Crippen LogP) is 3.83. The molecule has 2 aromatic carbocycles. The highest BCUT2D eigenvalue weighted by Gasteiger charge is 2.04. The number of rotatable bonds is 7. The summed E-state index contributed by atoms with van der Waals surface area (Å²) in [5.41, 5.74) is 0. The van der Waals surface area contributed by atoms with Crippen LogP contribution in [0.1, 0.15) is 6.42 Å². The second kappa shape index (κ2) is 7.87. The lowest BCUT2D eigenvalue weighted by Gasteiger charge is -2.11. The first kappa shape index (κ1) is 14.0. The standard InChI is InChI=1S/C16H19NOS/c1-17-12-7-13-18-15-10-5-6-11-16(15)19-14-8-3-2-4-9-14/h2-6,8-11,17H,7,12-13H2,1H3. The molecule has 0 saturated heterocycles. The zero-order valence-electron chi connectivity index (χ0n) is 11.1. The Bertz CT molecular complexity index is 487. The van der Waals surface area contributed by atoms with Crippen molar-refractivity contribution in [3.63, 3.8) is 0 Å². The molecular formula is C16H19NOS. The molecule has 0 unspecified atom stereocenters. The van der Waals surface area contributed by atoms with Gasteiger partial charge in [-0.25, -0.2) is 0 Å². The van der Waals surface area contributed by atoms with E-state index in [1.54, 1.807) is 11.8 Å². The molecule has 1 N–H and O–H groups in total. The average Bonchev–Trinajstić information content (AvgIpc) is 2.46. The fourth-order valence-electron chi connectivity index (χ4n) is 1.70. The summed E-state index contributed by atoms with van der Waals surface area (Å²) in [4.78, 5) is 2.40. The van der Waals surface area contributed by atoms with E-state index in [4.69, 9.17) is 4.74 Å². The van der Waals surface area contributed by atoms with Gasteiger partial charge in [0.15, 0.2) is 0 Å². The van der Waals surface area contributed by atoms with Crippen molar-refractivity contribution in [3.8, 4) is 5.75 Å². The monoisotopic (exact) mass is 273 g/mol. The van der Waals surface area contributed by atoms with Gasteiger partial charge in [-0.1, -0.05) is 42.1 Å². The molecule has 2 rings (SSSR count). The van der Waals surface area contributed by atoms with Crippen molar-refractivity contribution in [2.45, 2.75) is 16.2 Å². The molecule has 0 atom stereocenters. The maximum Gasteiger partial charge on any atom is 0.133 e. The lowest BCUT2D eigenvalue weighted by atomic mass is 10.3. The van der Waals surface area contributed by atoms with Crippen LogP contribution < -0.4 is 10.1 Å². The number of hydrogen-bond acceptors (Lipinski definition) is 3. The Balaban J connectivity index is 2.00. The Morgan fingerprint density at radius 3 is 2.53 bits per heavy atom. The van der Waals surface area contributed by atoms with Crippen molar-refractivity contribution >= 4 is 11.8 Å². The largest absolute Gasteiger partial charge is 0.492 e. The fraction of sp³-hybridized carbons (Fsp3) is 0.250. The topological polar surface area (TPSA) is 21.3 Å². The van der Waals surface area contributed by atoms with Gasteiger partial charge in [-0.2, -0.15) is 0 Å². The number of ether oxygens (including phenoxy) is 1. The van der Waals surface area contributed by atoms with Gasteiger partial charge in [0.2, 0.25) is 0 Å². The van der Waals surface area contributed by atoms with E-state index in [0.29, 0.717) is 0 Å². The molecule has 2 aromatic rings. The smallest absolute Gasteiger partial charge is 0.133 e. The van der Waals surface area contributed by atoms with Crippen molar-refractivity contribution in [2.75, 3.05) is 20.2 Å². The second-order valence-electron chi connectivity index (χ2n) is 4.17. The lowest BCUT2D eigenvalue weighted by Crippen LogP contribution is -2.11. The second-order valence-corrected chi connectivity index (χ2v) is 5.28. The minimum Gasteiger partial charge on any atom is -0.492 e. The van der Waals surface area contributed by atoms with Crippen LogP contribution in [0.25, 0.3) is 0 Å². The van der Waals surface area contributed by atoms with E-state index in [1.165, 1.54) is 4.90 Å². The van der Waals surface area contributed by atoms with Gasteiger partial charge in [0, 0.05) is 4.90 Å². The number of hydrogen-bond donors (Lipinski definition) is 1. The Morgan fingerprint density at radius 2 is 1.74 bits per heavy atom. The molecule has 0 aromatic heterocycles.